The highest BCUT2D eigenvalue weighted by Gasteiger charge is 2.24. The number of amides is 1. The number of Topliss-reactive ketones (excluding diaryl/α,β-unsaturated/α-hetero) is 1. The summed E-state index contributed by atoms with van der Waals surface area (Å²) in [6.45, 7) is 11.0. The SMILES string of the molecule is CC(=O)OCC(C)N(CCC(=O)C(C)C)C(=O)C(C)C. The summed E-state index contributed by atoms with van der Waals surface area (Å²) in [6.07, 6.45) is 0.334. The second-order valence-electron chi connectivity index (χ2n) is 5.71. The highest BCUT2D eigenvalue weighted by molar-refractivity contribution is 5.82. The number of ether oxygens (including phenoxy) is 1. The summed E-state index contributed by atoms with van der Waals surface area (Å²) in [7, 11) is 0. The van der Waals surface area contributed by atoms with E-state index in [1.54, 1.807) is 4.90 Å². The van der Waals surface area contributed by atoms with Crippen LogP contribution in [0.15, 0.2) is 0 Å². The average Bonchev–Trinajstić information content (AvgIpc) is 2.35. The molecule has 0 aliphatic heterocycles. The molecule has 116 valence electrons. The van der Waals surface area contributed by atoms with Gasteiger partial charge >= 0.3 is 5.97 Å². The smallest absolute Gasteiger partial charge is 0.302 e. The van der Waals surface area contributed by atoms with Gasteiger partial charge < -0.3 is 9.64 Å². The van der Waals surface area contributed by atoms with Crippen molar-refractivity contribution >= 4 is 17.7 Å². The largest absolute Gasteiger partial charge is 0.464 e. The topological polar surface area (TPSA) is 63.7 Å². The third-order valence-corrected chi connectivity index (χ3v) is 3.08. The van der Waals surface area contributed by atoms with Gasteiger partial charge in [-0.15, -0.1) is 0 Å². The van der Waals surface area contributed by atoms with Crippen molar-refractivity contribution in [2.45, 2.75) is 54.0 Å². The second kappa shape index (κ2) is 8.72. The molecule has 0 aromatic heterocycles. The molecule has 0 spiro atoms. The molecular weight excluding hydrogens is 258 g/mol. The van der Waals surface area contributed by atoms with E-state index in [9.17, 15) is 14.4 Å². The van der Waals surface area contributed by atoms with E-state index in [4.69, 9.17) is 4.74 Å². The fraction of sp³-hybridized carbons (Fsp3) is 0.800. The molecule has 0 aromatic rings. The fourth-order valence-corrected chi connectivity index (χ4v) is 1.73. The summed E-state index contributed by atoms with van der Waals surface area (Å²) in [4.78, 5) is 36.4. The van der Waals surface area contributed by atoms with E-state index in [0.29, 0.717) is 13.0 Å². The third kappa shape index (κ3) is 6.68. The fourth-order valence-electron chi connectivity index (χ4n) is 1.73. The van der Waals surface area contributed by atoms with E-state index >= 15 is 0 Å². The molecule has 0 aromatic carbocycles. The van der Waals surface area contributed by atoms with Crippen LogP contribution in [0.3, 0.4) is 0 Å². The molecule has 1 unspecified atom stereocenters. The minimum absolute atomic E-state index is 0.0267. The number of nitrogens with zero attached hydrogens (tertiary/aromatic N) is 1. The predicted molar refractivity (Wildman–Crippen MR) is 77.1 cm³/mol. The molecule has 0 aliphatic carbocycles. The van der Waals surface area contributed by atoms with Crippen molar-refractivity contribution in [2.24, 2.45) is 11.8 Å². The Morgan fingerprint density at radius 2 is 1.55 bits per heavy atom. The van der Waals surface area contributed by atoms with Crippen molar-refractivity contribution < 1.29 is 19.1 Å². The Kier molecular flexibility index (Phi) is 8.11. The van der Waals surface area contributed by atoms with Gasteiger partial charge in [0.25, 0.3) is 0 Å². The summed E-state index contributed by atoms with van der Waals surface area (Å²) in [5, 5.41) is 0. The van der Waals surface area contributed by atoms with E-state index < -0.39 is 0 Å². The molecule has 0 rings (SSSR count). The first-order chi connectivity index (χ1) is 9.16. The molecule has 0 bridgehead atoms. The first kappa shape index (κ1) is 18.6. The van der Waals surface area contributed by atoms with E-state index in [2.05, 4.69) is 0 Å². The number of carbonyl (C=O) groups excluding carboxylic acids is 3. The number of ketones is 1. The van der Waals surface area contributed by atoms with Crippen LogP contribution < -0.4 is 0 Å². The molecule has 0 fully saturated rings. The molecule has 0 saturated carbocycles. The van der Waals surface area contributed by atoms with Crippen molar-refractivity contribution in [3.05, 3.63) is 0 Å². The van der Waals surface area contributed by atoms with Gasteiger partial charge in [-0.25, -0.2) is 0 Å². The number of esters is 1. The lowest BCUT2D eigenvalue weighted by molar-refractivity contribution is -0.147. The van der Waals surface area contributed by atoms with E-state index in [-0.39, 0.29) is 42.1 Å². The molecule has 20 heavy (non-hydrogen) atoms. The molecule has 0 radical (unpaired) electrons. The summed E-state index contributed by atoms with van der Waals surface area (Å²) >= 11 is 0. The van der Waals surface area contributed by atoms with Gasteiger partial charge in [-0.3, -0.25) is 14.4 Å². The van der Waals surface area contributed by atoms with Crippen LogP contribution >= 0.6 is 0 Å². The van der Waals surface area contributed by atoms with Crippen LogP contribution in [0.1, 0.15) is 48.0 Å². The molecule has 1 amide bonds. The zero-order valence-corrected chi connectivity index (χ0v) is 13.4. The lowest BCUT2D eigenvalue weighted by atomic mass is 10.0. The first-order valence-electron chi connectivity index (χ1n) is 7.13. The monoisotopic (exact) mass is 285 g/mol. The van der Waals surface area contributed by atoms with Gasteiger partial charge in [-0.2, -0.15) is 0 Å². The van der Waals surface area contributed by atoms with Crippen LogP contribution in [0.25, 0.3) is 0 Å². The van der Waals surface area contributed by atoms with E-state index in [1.165, 1.54) is 6.92 Å². The molecular formula is C15H27NO4. The zero-order valence-electron chi connectivity index (χ0n) is 13.4. The molecule has 5 heteroatoms. The van der Waals surface area contributed by atoms with Gasteiger partial charge in [0.1, 0.15) is 12.4 Å². The summed E-state index contributed by atoms with van der Waals surface area (Å²) in [6, 6.07) is -0.228. The van der Waals surface area contributed by atoms with Crippen LogP contribution in [-0.4, -0.2) is 41.8 Å². The van der Waals surface area contributed by atoms with Crippen molar-refractivity contribution in [1.82, 2.24) is 4.90 Å². The Bertz CT molecular complexity index is 350. The molecule has 0 N–H and O–H groups in total. The first-order valence-corrected chi connectivity index (χ1v) is 7.13. The van der Waals surface area contributed by atoms with Gasteiger partial charge in [0.15, 0.2) is 0 Å². The summed E-state index contributed by atoms with van der Waals surface area (Å²) in [5.41, 5.74) is 0. The van der Waals surface area contributed by atoms with Crippen LogP contribution in [0.2, 0.25) is 0 Å². The highest BCUT2D eigenvalue weighted by Crippen LogP contribution is 2.10. The van der Waals surface area contributed by atoms with Crippen LogP contribution in [-0.2, 0) is 19.1 Å². The Hall–Kier alpha value is -1.39. The number of hydrogen-bond acceptors (Lipinski definition) is 4. The van der Waals surface area contributed by atoms with Crippen molar-refractivity contribution in [3.63, 3.8) is 0 Å². The quantitative estimate of drug-likeness (QED) is 0.640. The number of carbonyl (C=O) groups is 3. The van der Waals surface area contributed by atoms with Crippen molar-refractivity contribution in [1.29, 1.82) is 0 Å². The van der Waals surface area contributed by atoms with Gasteiger partial charge in [-0.05, 0) is 6.92 Å². The second-order valence-corrected chi connectivity index (χ2v) is 5.71. The lowest BCUT2D eigenvalue weighted by Crippen LogP contribution is -2.44. The van der Waals surface area contributed by atoms with Gasteiger partial charge in [-0.1, -0.05) is 27.7 Å². The van der Waals surface area contributed by atoms with Crippen molar-refractivity contribution in [3.8, 4) is 0 Å². The third-order valence-electron chi connectivity index (χ3n) is 3.08. The zero-order chi connectivity index (χ0) is 15.9. The lowest BCUT2D eigenvalue weighted by Gasteiger charge is -2.30. The Morgan fingerprint density at radius 3 is 1.95 bits per heavy atom. The highest BCUT2D eigenvalue weighted by atomic mass is 16.5. The molecule has 1 atom stereocenters. The van der Waals surface area contributed by atoms with Gasteiger partial charge in [0.05, 0.1) is 6.04 Å². The Morgan fingerprint density at radius 1 is 1.00 bits per heavy atom. The number of rotatable bonds is 8. The predicted octanol–water partition coefficient (Wildman–Crippen LogP) is 2.04. The maximum Gasteiger partial charge on any atom is 0.302 e. The maximum absolute atomic E-state index is 12.2. The maximum atomic E-state index is 12.2. The van der Waals surface area contributed by atoms with Crippen LogP contribution in [0.5, 0.6) is 0 Å². The Labute approximate surface area is 121 Å². The van der Waals surface area contributed by atoms with Crippen LogP contribution in [0, 0.1) is 11.8 Å². The minimum atomic E-state index is -0.368. The average molecular weight is 285 g/mol. The van der Waals surface area contributed by atoms with Crippen molar-refractivity contribution in [2.75, 3.05) is 13.2 Å². The Balaban J connectivity index is 4.68. The van der Waals surface area contributed by atoms with Crippen LogP contribution in [0.4, 0.5) is 0 Å². The molecule has 0 heterocycles. The van der Waals surface area contributed by atoms with E-state index in [0.717, 1.165) is 0 Å². The molecule has 0 saturated heterocycles. The standard InChI is InChI=1S/C15H27NO4/c1-10(2)14(18)7-8-16(15(19)11(3)4)12(5)9-20-13(6)17/h10-12H,7-9H2,1-6H3. The summed E-state index contributed by atoms with van der Waals surface area (Å²) in [5.74, 6) is -0.446. The molecule has 5 nitrogen and oxygen atoms in total. The van der Waals surface area contributed by atoms with E-state index in [1.807, 2.05) is 34.6 Å². The van der Waals surface area contributed by atoms with Gasteiger partial charge in [0, 0.05) is 31.7 Å². The molecule has 0 aliphatic rings. The number of hydrogen-bond donors (Lipinski definition) is 0. The van der Waals surface area contributed by atoms with Gasteiger partial charge in [0.2, 0.25) is 5.91 Å². The summed E-state index contributed by atoms with van der Waals surface area (Å²) < 4.78 is 4.95. The normalized spacial score (nSPS) is 12.4. The minimum Gasteiger partial charge on any atom is -0.464 e.